The number of carbonyl (C=O) groups is 1. The summed E-state index contributed by atoms with van der Waals surface area (Å²) >= 11 is 5.93. The van der Waals surface area contributed by atoms with Gasteiger partial charge in [0, 0.05) is 28.8 Å². The summed E-state index contributed by atoms with van der Waals surface area (Å²) in [6.07, 6.45) is 3.18. The zero-order valence-electron chi connectivity index (χ0n) is 15.7. The van der Waals surface area contributed by atoms with Crippen molar-refractivity contribution >= 4 is 23.7 Å². The van der Waals surface area contributed by atoms with Crippen molar-refractivity contribution in [2.24, 2.45) is 5.10 Å². The van der Waals surface area contributed by atoms with Crippen molar-refractivity contribution in [1.82, 2.24) is 15.0 Å². The summed E-state index contributed by atoms with van der Waals surface area (Å²) in [4.78, 5) is 16.1. The van der Waals surface area contributed by atoms with Gasteiger partial charge in [0.1, 0.15) is 5.15 Å². The molecule has 0 aliphatic heterocycles. The van der Waals surface area contributed by atoms with Crippen molar-refractivity contribution in [3.05, 3.63) is 81.4 Å². The molecule has 1 N–H and O–H groups in total. The summed E-state index contributed by atoms with van der Waals surface area (Å²) in [6.45, 7) is 8.32. The molecule has 1 aromatic carbocycles. The molecular weight excluding hydrogens is 360 g/mol. The summed E-state index contributed by atoms with van der Waals surface area (Å²) in [5.41, 5.74) is 9.52. The Balaban J connectivity index is 1.85. The average Bonchev–Trinajstić information content (AvgIpc) is 2.91. The van der Waals surface area contributed by atoms with Gasteiger partial charge in [-0.2, -0.15) is 5.10 Å². The number of hydrogen-bond donors (Lipinski definition) is 1. The highest BCUT2D eigenvalue weighted by atomic mass is 35.5. The molecule has 0 bridgehead atoms. The highest BCUT2D eigenvalue weighted by molar-refractivity contribution is 6.32. The van der Waals surface area contributed by atoms with E-state index in [1.807, 2.05) is 13.0 Å². The van der Waals surface area contributed by atoms with Crippen LogP contribution in [0.4, 0.5) is 0 Å². The smallest absolute Gasteiger partial charge is 0.274 e. The molecule has 0 unspecified atom stereocenters. The number of nitrogens with one attached hydrogen (secondary N) is 1. The van der Waals surface area contributed by atoms with Gasteiger partial charge >= 0.3 is 0 Å². The first-order valence-corrected chi connectivity index (χ1v) is 8.97. The number of aryl methyl sites for hydroxylation is 2. The minimum atomic E-state index is -0.396. The van der Waals surface area contributed by atoms with E-state index in [0.717, 1.165) is 22.6 Å². The monoisotopic (exact) mass is 380 g/mol. The molecule has 0 fully saturated rings. The fourth-order valence-corrected chi connectivity index (χ4v) is 3.25. The van der Waals surface area contributed by atoms with E-state index in [0.29, 0.717) is 0 Å². The van der Waals surface area contributed by atoms with E-state index in [9.17, 15) is 4.79 Å². The van der Waals surface area contributed by atoms with Crippen LogP contribution in [0.25, 0.3) is 5.69 Å². The van der Waals surface area contributed by atoms with Crippen LogP contribution in [-0.4, -0.2) is 21.7 Å². The van der Waals surface area contributed by atoms with Crippen LogP contribution in [0.3, 0.4) is 0 Å². The fourth-order valence-electron chi connectivity index (χ4n) is 3.04. The van der Waals surface area contributed by atoms with E-state index >= 15 is 0 Å². The normalized spacial score (nSPS) is 11.1. The van der Waals surface area contributed by atoms with Crippen LogP contribution in [-0.2, 0) is 0 Å². The average molecular weight is 381 g/mol. The molecule has 0 radical (unpaired) electrons. The Bertz CT molecular complexity index is 1040. The van der Waals surface area contributed by atoms with E-state index in [-0.39, 0.29) is 10.7 Å². The molecule has 2 aromatic heterocycles. The minimum Gasteiger partial charge on any atom is -0.318 e. The van der Waals surface area contributed by atoms with Gasteiger partial charge in [0.15, 0.2) is 0 Å². The van der Waals surface area contributed by atoms with E-state index in [1.165, 1.54) is 17.3 Å². The van der Waals surface area contributed by atoms with Gasteiger partial charge in [0.2, 0.25) is 0 Å². The number of pyridine rings is 1. The van der Waals surface area contributed by atoms with Crippen LogP contribution >= 0.6 is 11.6 Å². The van der Waals surface area contributed by atoms with E-state index in [2.05, 4.69) is 59.0 Å². The first-order chi connectivity index (χ1) is 12.9. The second-order valence-electron chi connectivity index (χ2n) is 6.42. The molecule has 27 heavy (non-hydrogen) atoms. The van der Waals surface area contributed by atoms with Crippen molar-refractivity contribution in [1.29, 1.82) is 0 Å². The van der Waals surface area contributed by atoms with Crippen LogP contribution in [0.5, 0.6) is 0 Å². The molecule has 138 valence electrons. The quantitative estimate of drug-likeness (QED) is 0.411. The van der Waals surface area contributed by atoms with E-state index in [4.69, 9.17) is 11.6 Å². The Labute approximate surface area is 163 Å². The van der Waals surface area contributed by atoms with Gasteiger partial charge in [-0.1, -0.05) is 23.7 Å². The number of aromatic nitrogens is 2. The molecule has 0 aliphatic carbocycles. The summed E-state index contributed by atoms with van der Waals surface area (Å²) in [5, 5.41) is 4.23. The molecule has 1 amide bonds. The number of carbonyl (C=O) groups excluding carboxylic acids is 1. The molecule has 5 nitrogen and oxygen atoms in total. The van der Waals surface area contributed by atoms with E-state index in [1.54, 1.807) is 18.3 Å². The number of halogens is 1. The third kappa shape index (κ3) is 3.78. The third-order valence-electron chi connectivity index (χ3n) is 4.66. The number of hydrogen-bond acceptors (Lipinski definition) is 3. The first kappa shape index (κ1) is 18.9. The largest absolute Gasteiger partial charge is 0.318 e. The lowest BCUT2D eigenvalue weighted by molar-refractivity contribution is 0.0955. The Kier molecular flexibility index (Phi) is 5.42. The molecule has 0 saturated heterocycles. The van der Waals surface area contributed by atoms with Crippen LogP contribution < -0.4 is 5.43 Å². The molecule has 0 atom stereocenters. The second kappa shape index (κ2) is 7.76. The summed E-state index contributed by atoms with van der Waals surface area (Å²) in [5.74, 6) is -0.396. The van der Waals surface area contributed by atoms with Gasteiger partial charge in [0.25, 0.3) is 5.91 Å². The number of benzene rings is 1. The maximum absolute atomic E-state index is 12.2. The van der Waals surface area contributed by atoms with Crippen LogP contribution in [0.2, 0.25) is 5.15 Å². The SMILES string of the molecule is Cc1cccc(-n2c(C)cc(C=NNC(=O)c3cccnc3Cl)c2C)c1C. The van der Waals surface area contributed by atoms with Crippen LogP contribution in [0.15, 0.2) is 47.7 Å². The zero-order valence-corrected chi connectivity index (χ0v) is 16.5. The van der Waals surface area contributed by atoms with Crippen molar-refractivity contribution in [3.63, 3.8) is 0 Å². The highest BCUT2D eigenvalue weighted by Crippen LogP contribution is 2.24. The van der Waals surface area contributed by atoms with Gasteiger partial charge in [-0.3, -0.25) is 4.79 Å². The Hall–Kier alpha value is -2.92. The van der Waals surface area contributed by atoms with Crippen molar-refractivity contribution in [2.75, 3.05) is 0 Å². The number of amides is 1. The molecule has 0 saturated carbocycles. The Morgan fingerprint density at radius 3 is 2.70 bits per heavy atom. The van der Waals surface area contributed by atoms with Crippen molar-refractivity contribution < 1.29 is 4.79 Å². The summed E-state index contributed by atoms with van der Waals surface area (Å²) in [7, 11) is 0. The fraction of sp³-hybridized carbons (Fsp3) is 0.190. The number of nitrogens with zero attached hydrogens (tertiary/aromatic N) is 3. The summed E-state index contributed by atoms with van der Waals surface area (Å²) < 4.78 is 2.20. The van der Waals surface area contributed by atoms with Crippen molar-refractivity contribution in [3.8, 4) is 5.69 Å². The lowest BCUT2D eigenvalue weighted by Crippen LogP contribution is -2.18. The lowest BCUT2D eigenvalue weighted by Gasteiger charge is -2.14. The first-order valence-electron chi connectivity index (χ1n) is 8.59. The molecule has 0 aliphatic rings. The van der Waals surface area contributed by atoms with Gasteiger partial charge in [0.05, 0.1) is 11.8 Å². The van der Waals surface area contributed by atoms with Crippen LogP contribution in [0, 0.1) is 27.7 Å². The van der Waals surface area contributed by atoms with Gasteiger partial charge in [-0.25, -0.2) is 10.4 Å². The Morgan fingerprint density at radius 1 is 1.19 bits per heavy atom. The molecule has 3 aromatic rings. The van der Waals surface area contributed by atoms with Crippen molar-refractivity contribution in [2.45, 2.75) is 27.7 Å². The minimum absolute atomic E-state index is 0.151. The standard InChI is InChI=1S/C21H21ClN4O/c1-13-7-5-9-19(15(13)3)26-14(2)11-17(16(26)4)12-24-25-21(27)18-8-6-10-23-20(18)22/h5-12H,1-4H3,(H,25,27). The van der Waals surface area contributed by atoms with Gasteiger partial charge in [-0.15, -0.1) is 0 Å². The van der Waals surface area contributed by atoms with E-state index < -0.39 is 5.91 Å². The molecule has 3 rings (SSSR count). The summed E-state index contributed by atoms with van der Waals surface area (Å²) in [6, 6.07) is 11.6. The maximum Gasteiger partial charge on any atom is 0.274 e. The van der Waals surface area contributed by atoms with Gasteiger partial charge < -0.3 is 4.57 Å². The lowest BCUT2D eigenvalue weighted by atomic mass is 10.1. The molecular formula is C21H21ClN4O. The highest BCUT2D eigenvalue weighted by Gasteiger charge is 2.13. The molecule has 2 heterocycles. The topological polar surface area (TPSA) is 59.3 Å². The number of hydrazone groups is 1. The predicted octanol–water partition coefficient (Wildman–Crippen LogP) is 4.52. The molecule has 6 heteroatoms. The van der Waals surface area contributed by atoms with Crippen LogP contribution in [0.1, 0.15) is 38.4 Å². The third-order valence-corrected chi connectivity index (χ3v) is 4.96. The number of rotatable bonds is 4. The predicted molar refractivity (Wildman–Crippen MR) is 109 cm³/mol. The second-order valence-corrected chi connectivity index (χ2v) is 6.78. The molecule has 0 spiro atoms. The maximum atomic E-state index is 12.2. The van der Waals surface area contributed by atoms with Gasteiger partial charge in [-0.05, 0) is 63.1 Å². The Morgan fingerprint density at radius 2 is 1.96 bits per heavy atom. The zero-order chi connectivity index (χ0) is 19.6.